The summed E-state index contributed by atoms with van der Waals surface area (Å²) in [7, 11) is 0. The molecule has 1 unspecified atom stereocenters. The van der Waals surface area contributed by atoms with Crippen LogP contribution in [0.3, 0.4) is 0 Å². The topological polar surface area (TPSA) is 52.3 Å². The highest BCUT2D eigenvalue weighted by Crippen LogP contribution is 2.35. The molecule has 0 bridgehead atoms. The maximum absolute atomic E-state index is 12.6. The molecule has 0 aromatic heterocycles. The van der Waals surface area contributed by atoms with Crippen LogP contribution < -0.4 is 5.73 Å². The summed E-state index contributed by atoms with van der Waals surface area (Å²) >= 11 is 0. The second-order valence-electron chi connectivity index (χ2n) is 4.71. The van der Waals surface area contributed by atoms with Gasteiger partial charge in [-0.1, -0.05) is 6.07 Å². The molecule has 1 aliphatic carbocycles. The lowest BCUT2D eigenvalue weighted by molar-refractivity contribution is -0.149. The highest BCUT2D eigenvalue weighted by molar-refractivity contribution is 5.83. The van der Waals surface area contributed by atoms with Crippen LogP contribution in [0.4, 0.5) is 13.2 Å². The third-order valence-corrected chi connectivity index (χ3v) is 3.23. The van der Waals surface area contributed by atoms with Crippen molar-refractivity contribution in [3.63, 3.8) is 0 Å². The average molecular weight is 273 g/mol. The van der Waals surface area contributed by atoms with Gasteiger partial charge in [0.1, 0.15) is 5.54 Å². The first kappa shape index (κ1) is 13.9. The van der Waals surface area contributed by atoms with Crippen LogP contribution in [0.25, 0.3) is 0 Å². The number of rotatable bonds is 2. The Hall–Kier alpha value is -1.56. The van der Waals surface area contributed by atoms with Crippen LogP contribution in [-0.4, -0.2) is 18.1 Å². The predicted octanol–water partition coefficient (Wildman–Crippen LogP) is 2.06. The van der Waals surface area contributed by atoms with Crippen LogP contribution in [0.1, 0.15) is 23.6 Å². The number of hydrogen-bond donors (Lipinski definition) is 1. The van der Waals surface area contributed by atoms with E-state index in [1.165, 1.54) is 6.07 Å². The van der Waals surface area contributed by atoms with Crippen molar-refractivity contribution < 1.29 is 22.7 Å². The van der Waals surface area contributed by atoms with Gasteiger partial charge in [-0.2, -0.15) is 13.2 Å². The van der Waals surface area contributed by atoms with Crippen LogP contribution >= 0.6 is 0 Å². The minimum atomic E-state index is -4.39. The molecule has 1 aromatic rings. The van der Waals surface area contributed by atoms with E-state index in [4.69, 9.17) is 10.5 Å². The standard InChI is InChI=1S/C13H14F3NO2/c1-2-19-11(18)12(17)6-8-3-4-10(13(14,15)16)5-9(8)7-12/h3-5H,2,6-7,17H2,1H3. The molecular formula is C13H14F3NO2. The Kier molecular flexibility index (Phi) is 3.30. The lowest BCUT2D eigenvalue weighted by Gasteiger charge is -2.20. The number of nitrogens with two attached hydrogens (primary N) is 1. The molecule has 0 spiro atoms. The van der Waals surface area contributed by atoms with Gasteiger partial charge in [0.05, 0.1) is 12.2 Å². The van der Waals surface area contributed by atoms with Crippen molar-refractivity contribution in [3.05, 3.63) is 34.9 Å². The van der Waals surface area contributed by atoms with E-state index in [9.17, 15) is 18.0 Å². The SMILES string of the molecule is CCOC(=O)C1(N)Cc2ccc(C(F)(F)F)cc2C1. The van der Waals surface area contributed by atoms with Gasteiger partial charge in [-0.25, -0.2) is 0 Å². The minimum Gasteiger partial charge on any atom is -0.465 e. The number of esters is 1. The number of carbonyl (C=O) groups is 1. The predicted molar refractivity (Wildman–Crippen MR) is 62.4 cm³/mol. The van der Waals surface area contributed by atoms with Crippen molar-refractivity contribution in [2.45, 2.75) is 31.5 Å². The van der Waals surface area contributed by atoms with E-state index in [0.717, 1.165) is 12.1 Å². The second kappa shape index (κ2) is 4.52. The van der Waals surface area contributed by atoms with Gasteiger partial charge in [0.25, 0.3) is 0 Å². The number of alkyl halides is 3. The molecule has 1 atom stereocenters. The Morgan fingerprint density at radius 3 is 2.58 bits per heavy atom. The molecule has 0 heterocycles. The highest BCUT2D eigenvalue weighted by atomic mass is 19.4. The molecule has 0 amide bonds. The molecule has 0 saturated heterocycles. The first-order valence-corrected chi connectivity index (χ1v) is 5.91. The summed E-state index contributed by atoms with van der Waals surface area (Å²) < 4.78 is 42.7. The Bertz CT molecular complexity index is 513. The van der Waals surface area contributed by atoms with Gasteiger partial charge in [-0.3, -0.25) is 4.79 Å². The van der Waals surface area contributed by atoms with Crippen LogP contribution in [0.5, 0.6) is 0 Å². The van der Waals surface area contributed by atoms with Gasteiger partial charge in [0, 0.05) is 12.8 Å². The van der Waals surface area contributed by atoms with Crippen LogP contribution in [0.15, 0.2) is 18.2 Å². The van der Waals surface area contributed by atoms with E-state index in [-0.39, 0.29) is 19.4 Å². The van der Waals surface area contributed by atoms with E-state index in [2.05, 4.69) is 0 Å². The van der Waals surface area contributed by atoms with Gasteiger partial charge in [-0.05, 0) is 30.2 Å². The normalized spacial score (nSPS) is 22.2. The first-order chi connectivity index (χ1) is 8.76. The van der Waals surface area contributed by atoms with Crippen LogP contribution in [0.2, 0.25) is 0 Å². The quantitative estimate of drug-likeness (QED) is 0.839. The molecule has 2 rings (SSSR count). The number of carbonyl (C=O) groups excluding carboxylic acids is 1. The summed E-state index contributed by atoms with van der Waals surface area (Å²) in [6.07, 6.45) is -4.11. The zero-order valence-electron chi connectivity index (χ0n) is 10.4. The molecule has 1 aromatic carbocycles. The summed E-state index contributed by atoms with van der Waals surface area (Å²) in [4.78, 5) is 11.7. The lowest BCUT2D eigenvalue weighted by Crippen LogP contribution is -2.50. The second-order valence-corrected chi connectivity index (χ2v) is 4.71. The summed E-state index contributed by atoms with van der Waals surface area (Å²) in [5.74, 6) is -0.570. The molecule has 19 heavy (non-hydrogen) atoms. The summed E-state index contributed by atoms with van der Waals surface area (Å²) in [5.41, 5.74) is 5.11. The van der Waals surface area contributed by atoms with Crippen LogP contribution in [0, 0.1) is 0 Å². The summed E-state index contributed by atoms with van der Waals surface area (Å²) in [6.45, 7) is 1.85. The van der Waals surface area contributed by atoms with E-state index < -0.39 is 23.2 Å². The monoisotopic (exact) mass is 273 g/mol. The molecular weight excluding hydrogens is 259 g/mol. The number of halogens is 3. The maximum Gasteiger partial charge on any atom is 0.416 e. The van der Waals surface area contributed by atoms with Gasteiger partial charge in [0.2, 0.25) is 0 Å². The zero-order chi connectivity index (χ0) is 14.3. The third kappa shape index (κ3) is 2.58. The lowest BCUT2D eigenvalue weighted by atomic mass is 9.97. The van der Waals surface area contributed by atoms with Crippen molar-refractivity contribution in [2.24, 2.45) is 5.73 Å². The Balaban J connectivity index is 2.28. The molecule has 0 saturated carbocycles. The smallest absolute Gasteiger partial charge is 0.416 e. The van der Waals surface area contributed by atoms with Gasteiger partial charge in [0.15, 0.2) is 0 Å². The average Bonchev–Trinajstić information content (AvgIpc) is 2.64. The van der Waals surface area contributed by atoms with Gasteiger partial charge < -0.3 is 10.5 Å². The van der Waals surface area contributed by atoms with Gasteiger partial charge in [-0.15, -0.1) is 0 Å². The first-order valence-electron chi connectivity index (χ1n) is 5.91. The number of benzene rings is 1. The van der Waals surface area contributed by atoms with E-state index in [0.29, 0.717) is 11.1 Å². The zero-order valence-corrected chi connectivity index (χ0v) is 10.4. The van der Waals surface area contributed by atoms with Crippen molar-refractivity contribution in [3.8, 4) is 0 Å². The minimum absolute atomic E-state index is 0.0745. The fourth-order valence-corrected chi connectivity index (χ4v) is 2.30. The number of hydrogen-bond acceptors (Lipinski definition) is 3. The molecule has 6 heteroatoms. The molecule has 0 radical (unpaired) electrons. The van der Waals surface area contributed by atoms with Crippen molar-refractivity contribution >= 4 is 5.97 Å². The van der Waals surface area contributed by atoms with Crippen molar-refractivity contribution in [1.82, 2.24) is 0 Å². The maximum atomic E-state index is 12.6. The molecule has 104 valence electrons. The van der Waals surface area contributed by atoms with E-state index >= 15 is 0 Å². The fraction of sp³-hybridized carbons (Fsp3) is 0.462. The molecule has 1 aliphatic rings. The third-order valence-electron chi connectivity index (χ3n) is 3.23. The molecule has 0 fully saturated rings. The molecule has 3 nitrogen and oxygen atoms in total. The summed E-state index contributed by atoms with van der Waals surface area (Å²) in [6, 6.07) is 3.45. The van der Waals surface area contributed by atoms with Crippen molar-refractivity contribution in [2.75, 3.05) is 6.61 Å². The highest BCUT2D eigenvalue weighted by Gasteiger charge is 2.42. The largest absolute Gasteiger partial charge is 0.465 e. The Labute approximate surface area is 108 Å². The molecule has 2 N–H and O–H groups in total. The fourth-order valence-electron chi connectivity index (χ4n) is 2.30. The Morgan fingerprint density at radius 1 is 1.37 bits per heavy atom. The molecule has 0 aliphatic heterocycles. The van der Waals surface area contributed by atoms with Crippen LogP contribution in [-0.2, 0) is 28.5 Å². The van der Waals surface area contributed by atoms with Gasteiger partial charge >= 0.3 is 12.1 Å². The number of fused-ring (bicyclic) bond motifs is 1. The Morgan fingerprint density at radius 2 is 2.00 bits per heavy atom. The number of ether oxygens (including phenoxy) is 1. The van der Waals surface area contributed by atoms with Crippen molar-refractivity contribution in [1.29, 1.82) is 0 Å². The summed E-state index contributed by atoms with van der Waals surface area (Å²) in [5, 5.41) is 0. The van der Waals surface area contributed by atoms with E-state index in [1.807, 2.05) is 0 Å². The van der Waals surface area contributed by atoms with E-state index in [1.54, 1.807) is 6.92 Å².